The van der Waals surface area contributed by atoms with Gasteiger partial charge in [0.05, 0.1) is 17.6 Å². The molecular weight excluding hydrogens is 290 g/mol. The molecule has 0 unspecified atom stereocenters. The highest BCUT2D eigenvalue weighted by atomic mass is 32.1. The summed E-state index contributed by atoms with van der Waals surface area (Å²) in [7, 11) is 1.50. The second-order valence-corrected chi connectivity index (χ2v) is 5.64. The van der Waals surface area contributed by atoms with Crippen molar-refractivity contribution >= 4 is 23.0 Å². The number of primary amides is 1. The van der Waals surface area contributed by atoms with Gasteiger partial charge in [-0.1, -0.05) is 0 Å². The maximum absolute atomic E-state index is 12.0. The normalized spacial score (nSPS) is 10.2. The van der Waals surface area contributed by atoms with E-state index in [-0.39, 0.29) is 23.7 Å². The Morgan fingerprint density at radius 1 is 1.24 bits per heavy atom. The average Bonchev–Trinajstić information content (AvgIpc) is 2.90. The quantitative estimate of drug-likeness (QED) is 0.831. The van der Waals surface area contributed by atoms with Crippen LogP contribution in [0.15, 0.2) is 30.3 Å². The van der Waals surface area contributed by atoms with Gasteiger partial charge in [0.15, 0.2) is 6.61 Å². The molecule has 6 heteroatoms. The Kier molecular flexibility index (Phi) is 4.59. The molecule has 0 spiro atoms. The molecule has 5 nitrogen and oxygen atoms in total. The van der Waals surface area contributed by atoms with Gasteiger partial charge < -0.3 is 15.2 Å². The van der Waals surface area contributed by atoms with Gasteiger partial charge in [0.2, 0.25) is 5.78 Å². The fourth-order valence-corrected chi connectivity index (χ4v) is 2.54. The van der Waals surface area contributed by atoms with Crippen molar-refractivity contribution in [3.05, 3.63) is 45.6 Å². The second kappa shape index (κ2) is 6.41. The van der Waals surface area contributed by atoms with Gasteiger partial charge in [-0.25, -0.2) is 0 Å². The average molecular weight is 305 g/mol. The first-order chi connectivity index (χ1) is 10.0. The molecule has 2 rings (SSSR count). The van der Waals surface area contributed by atoms with Crippen molar-refractivity contribution < 1.29 is 19.1 Å². The van der Waals surface area contributed by atoms with Crippen molar-refractivity contribution in [3.63, 3.8) is 0 Å². The predicted molar refractivity (Wildman–Crippen MR) is 80.4 cm³/mol. The molecule has 0 atom stereocenters. The van der Waals surface area contributed by atoms with Crippen molar-refractivity contribution in [3.8, 4) is 11.5 Å². The molecule has 0 bridgehead atoms. The zero-order valence-electron chi connectivity index (χ0n) is 11.7. The molecule has 21 heavy (non-hydrogen) atoms. The maximum atomic E-state index is 12.0. The topological polar surface area (TPSA) is 78.6 Å². The Morgan fingerprint density at radius 2 is 2.00 bits per heavy atom. The number of amides is 1. The van der Waals surface area contributed by atoms with Crippen molar-refractivity contribution in [2.24, 2.45) is 5.73 Å². The molecular formula is C15H15NO4S. The smallest absolute Gasteiger partial charge is 0.252 e. The van der Waals surface area contributed by atoms with Gasteiger partial charge in [-0.05, 0) is 31.2 Å². The molecule has 2 aromatic rings. The summed E-state index contributed by atoms with van der Waals surface area (Å²) in [6.07, 6.45) is 0. The van der Waals surface area contributed by atoms with Gasteiger partial charge in [-0.2, -0.15) is 0 Å². The van der Waals surface area contributed by atoms with Crippen LogP contribution in [0.25, 0.3) is 0 Å². The largest absolute Gasteiger partial charge is 0.497 e. The molecule has 0 aliphatic heterocycles. The Morgan fingerprint density at radius 3 is 2.57 bits per heavy atom. The zero-order valence-corrected chi connectivity index (χ0v) is 12.5. The van der Waals surface area contributed by atoms with E-state index in [1.54, 1.807) is 12.1 Å². The molecule has 0 radical (unpaired) electrons. The summed E-state index contributed by atoms with van der Waals surface area (Å²) in [5.41, 5.74) is 5.50. The number of rotatable bonds is 6. The second-order valence-electron chi connectivity index (χ2n) is 4.35. The van der Waals surface area contributed by atoms with Crippen LogP contribution >= 0.6 is 11.3 Å². The third-order valence-electron chi connectivity index (χ3n) is 2.83. The SMILES string of the molecule is COc1ccc(C(N)=O)c(OCC(=O)c2ccc(C)s2)c1. The highest BCUT2D eigenvalue weighted by Crippen LogP contribution is 2.25. The fourth-order valence-electron chi connectivity index (χ4n) is 1.75. The lowest BCUT2D eigenvalue weighted by Gasteiger charge is -2.10. The number of ether oxygens (including phenoxy) is 2. The first-order valence-electron chi connectivity index (χ1n) is 6.21. The highest BCUT2D eigenvalue weighted by molar-refractivity contribution is 7.14. The number of aryl methyl sites for hydroxylation is 1. The van der Waals surface area contributed by atoms with Gasteiger partial charge >= 0.3 is 0 Å². The molecule has 1 aromatic carbocycles. The zero-order chi connectivity index (χ0) is 15.4. The van der Waals surface area contributed by atoms with Crippen molar-refractivity contribution in [1.29, 1.82) is 0 Å². The highest BCUT2D eigenvalue weighted by Gasteiger charge is 2.14. The minimum absolute atomic E-state index is 0.147. The Balaban J connectivity index is 2.15. The lowest BCUT2D eigenvalue weighted by atomic mass is 10.2. The Bertz CT molecular complexity index is 678. The summed E-state index contributed by atoms with van der Waals surface area (Å²) in [4.78, 5) is 25.0. The monoisotopic (exact) mass is 305 g/mol. The summed E-state index contributed by atoms with van der Waals surface area (Å²) in [5.74, 6) is -0.00342. The van der Waals surface area contributed by atoms with Gasteiger partial charge in [0.25, 0.3) is 5.91 Å². The summed E-state index contributed by atoms with van der Waals surface area (Å²) < 4.78 is 10.5. The molecule has 0 aliphatic rings. The molecule has 110 valence electrons. The molecule has 1 amide bonds. The van der Waals surface area contributed by atoms with E-state index in [4.69, 9.17) is 15.2 Å². The minimum atomic E-state index is -0.618. The van der Waals surface area contributed by atoms with Crippen molar-refractivity contribution in [1.82, 2.24) is 0 Å². The number of carbonyl (C=O) groups excluding carboxylic acids is 2. The third-order valence-corrected chi connectivity index (χ3v) is 3.87. The van der Waals surface area contributed by atoms with Crippen LogP contribution in [-0.4, -0.2) is 25.4 Å². The molecule has 0 saturated carbocycles. The van der Waals surface area contributed by atoms with E-state index < -0.39 is 5.91 Å². The minimum Gasteiger partial charge on any atom is -0.497 e. The summed E-state index contributed by atoms with van der Waals surface area (Å²) in [6.45, 7) is 1.77. The molecule has 2 N–H and O–H groups in total. The van der Waals surface area contributed by atoms with Crippen LogP contribution in [0.1, 0.15) is 24.9 Å². The van der Waals surface area contributed by atoms with E-state index in [0.717, 1.165) is 4.88 Å². The molecule has 1 heterocycles. The number of hydrogen-bond donors (Lipinski definition) is 1. The molecule has 0 fully saturated rings. The van der Waals surface area contributed by atoms with Crippen LogP contribution in [0.3, 0.4) is 0 Å². The first kappa shape index (κ1) is 15.1. The number of methoxy groups -OCH3 is 1. The lowest BCUT2D eigenvalue weighted by Crippen LogP contribution is -2.16. The summed E-state index contributed by atoms with van der Waals surface area (Å²) in [6, 6.07) is 8.28. The third kappa shape index (κ3) is 3.61. The number of hydrogen-bond acceptors (Lipinski definition) is 5. The lowest BCUT2D eigenvalue weighted by molar-refractivity contribution is 0.0915. The Labute approximate surface area is 126 Å². The van der Waals surface area contributed by atoms with Crippen LogP contribution in [-0.2, 0) is 0 Å². The molecule has 1 aromatic heterocycles. The van der Waals surface area contributed by atoms with E-state index in [9.17, 15) is 9.59 Å². The summed E-state index contributed by atoms with van der Waals surface area (Å²) in [5, 5.41) is 0. The van der Waals surface area contributed by atoms with Gasteiger partial charge in [-0.15, -0.1) is 11.3 Å². The van der Waals surface area contributed by atoms with E-state index in [0.29, 0.717) is 10.6 Å². The van der Waals surface area contributed by atoms with E-state index >= 15 is 0 Å². The van der Waals surface area contributed by atoms with Crippen molar-refractivity contribution in [2.75, 3.05) is 13.7 Å². The number of ketones is 1. The number of nitrogens with two attached hydrogens (primary N) is 1. The fraction of sp³-hybridized carbons (Fsp3) is 0.200. The van der Waals surface area contributed by atoms with Crippen LogP contribution in [0.5, 0.6) is 11.5 Å². The van der Waals surface area contributed by atoms with Crippen LogP contribution in [0.4, 0.5) is 0 Å². The van der Waals surface area contributed by atoms with Crippen LogP contribution in [0.2, 0.25) is 0 Å². The van der Waals surface area contributed by atoms with Gasteiger partial charge in [0.1, 0.15) is 11.5 Å². The van der Waals surface area contributed by atoms with Gasteiger partial charge in [0, 0.05) is 10.9 Å². The molecule has 0 saturated heterocycles. The summed E-state index contributed by atoms with van der Waals surface area (Å²) >= 11 is 1.40. The van der Waals surface area contributed by atoms with E-state index in [1.807, 2.05) is 13.0 Å². The number of Topliss-reactive ketones (excluding diaryl/α,β-unsaturated/α-hetero) is 1. The maximum Gasteiger partial charge on any atom is 0.252 e. The standard InChI is InChI=1S/C15H15NO4S/c1-9-3-6-14(21-9)12(17)8-20-13-7-10(19-2)4-5-11(13)15(16)18/h3-7H,8H2,1-2H3,(H2,16,18). The first-order valence-corrected chi connectivity index (χ1v) is 7.03. The Hall–Kier alpha value is -2.34. The van der Waals surface area contributed by atoms with Crippen LogP contribution in [0, 0.1) is 6.92 Å². The van der Waals surface area contributed by atoms with Gasteiger partial charge in [-0.3, -0.25) is 9.59 Å². The number of thiophene rings is 1. The number of benzene rings is 1. The molecule has 0 aliphatic carbocycles. The van der Waals surface area contributed by atoms with E-state index in [2.05, 4.69) is 0 Å². The van der Waals surface area contributed by atoms with Crippen molar-refractivity contribution in [2.45, 2.75) is 6.92 Å². The van der Waals surface area contributed by atoms with Crippen LogP contribution < -0.4 is 15.2 Å². The number of carbonyl (C=O) groups is 2. The van der Waals surface area contributed by atoms with E-state index in [1.165, 1.54) is 30.6 Å². The predicted octanol–water partition coefficient (Wildman–Crippen LogP) is 2.43.